The van der Waals surface area contributed by atoms with Crippen LogP contribution in [0.5, 0.6) is 5.75 Å². The summed E-state index contributed by atoms with van der Waals surface area (Å²) in [7, 11) is -0.735. The minimum absolute atomic E-state index is 0.0509. The number of hydrogen-bond acceptors (Lipinski definition) is 4. The van der Waals surface area contributed by atoms with Crippen LogP contribution in [0.4, 0.5) is 0 Å². The van der Waals surface area contributed by atoms with Gasteiger partial charge in [0.15, 0.2) is 0 Å². The number of hydrogen-bond donors (Lipinski definition) is 0. The zero-order chi connectivity index (χ0) is 20.3. The number of methoxy groups -OCH3 is 1. The monoisotopic (exact) mass is 422 g/mol. The minimum atomic E-state index is -3.76. The molecule has 0 aromatic heterocycles. The lowest BCUT2D eigenvalue weighted by atomic mass is 10.0. The number of likely N-dealkylation sites (tertiary alicyclic amines) is 1. The van der Waals surface area contributed by atoms with Crippen molar-refractivity contribution in [2.45, 2.75) is 23.8 Å². The molecule has 0 N–H and O–H groups in total. The molecule has 1 amide bonds. The van der Waals surface area contributed by atoms with E-state index < -0.39 is 10.0 Å². The third-order valence-electron chi connectivity index (χ3n) is 4.95. The predicted octanol–water partition coefficient (Wildman–Crippen LogP) is 3.33. The first kappa shape index (κ1) is 20.6. The molecule has 1 saturated heterocycles. The lowest BCUT2D eigenvalue weighted by molar-refractivity contribution is -0.132. The van der Waals surface area contributed by atoms with E-state index in [2.05, 4.69) is 0 Å². The maximum atomic E-state index is 12.9. The Morgan fingerprint density at radius 1 is 1.18 bits per heavy atom. The van der Waals surface area contributed by atoms with Gasteiger partial charge in [-0.2, -0.15) is 4.31 Å². The quantitative estimate of drug-likeness (QED) is 0.716. The molecule has 1 aliphatic heterocycles. The largest absolute Gasteiger partial charge is 0.497 e. The third kappa shape index (κ3) is 4.32. The van der Waals surface area contributed by atoms with Crippen LogP contribution in [0.25, 0.3) is 0 Å². The van der Waals surface area contributed by atoms with Gasteiger partial charge in [0.25, 0.3) is 0 Å². The molecule has 1 aliphatic rings. The SMILES string of the molecule is COc1ccc([C@@H]2CCCN2C(=O)CN(C)S(=O)(=O)c2ccc(Cl)cc2)cc1. The van der Waals surface area contributed by atoms with Gasteiger partial charge in [-0.05, 0) is 54.8 Å². The molecule has 2 aromatic carbocycles. The summed E-state index contributed by atoms with van der Waals surface area (Å²) in [6.07, 6.45) is 1.74. The van der Waals surface area contributed by atoms with Gasteiger partial charge in [0.1, 0.15) is 5.75 Å². The van der Waals surface area contributed by atoms with E-state index in [0.29, 0.717) is 11.6 Å². The fourth-order valence-electron chi connectivity index (χ4n) is 3.39. The smallest absolute Gasteiger partial charge is 0.243 e. The van der Waals surface area contributed by atoms with E-state index in [1.807, 2.05) is 24.3 Å². The number of rotatable bonds is 6. The molecule has 0 bridgehead atoms. The highest BCUT2D eigenvalue weighted by atomic mass is 35.5. The fraction of sp³-hybridized carbons (Fsp3) is 0.350. The summed E-state index contributed by atoms with van der Waals surface area (Å²) in [6, 6.07) is 13.5. The van der Waals surface area contributed by atoms with Gasteiger partial charge in [-0.1, -0.05) is 23.7 Å². The molecule has 0 spiro atoms. The highest BCUT2D eigenvalue weighted by Crippen LogP contribution is 2.33. The average molecular weight is 423 g/mol. The maximum Gasteiger partial charge on any atom is 0.243 e. The zero-order valence-corrected chi connectivity index (χ0v) is 17.4. The molecule has 0 unspecified atom stereocenters. The highest BCUT2D eigenvalue weighted by molar-refractivity contribution is 7.89. The van der Waals surface area contributed by atoms with Crippen LogP contribution in [0, 0.1) is 0 Å². The number of sulfonamides is 1. The molecule has 28 heavy (non-hydrogen) atoms. The Hall–Kier alpha value is -2.09. The second-order valence-electron chi connectivity index (χ2n) is 6.73. The van der Waals surface area contributed by atoms with Crippen molar-refractivity contribution in [1.29, 1.82) is 0 Å². The number of amides is 1. The average Bonchev–Trinajstić information content (AvgIpc) is 3.18. The number of halogens is 1. The van der Waals surface area contributed by atoms with Gasteiger partial charge in [0.05, 0.1) is 24.6 Å². The normalized spacial score (nSPS) is 17.1. The first-order chi connectivity index (χ1) is 13.3. The Kier molecular flexibility index (Phi) is 6.27. The summed E-state index contributed by atoms with van der Waals surface area (Å²) < 4.78 is 31.7. The number of likely N-dealkylation sites (N-methyl/N-ethyl adjacent to an activating group) is 1. The molecule has 8 heteroatoms. The van der Waals surface area contributed by atoms with Gasteiger partial charge in [0, 0.05) is 18.6 Å². The van der Waals surface area contributed by atoms with E-state index in [-0.39, 0.29) is 23.4 Å². The third-order valence-corrected chi connectivity index (χ3v) is 7.02. The van der Waals surface area contributed by atoms with Crippen molar-refractivity contribution < 1.29 is 17.9 Å². The van der Waals surface area contributed by atoms with Crippen LogP contribution in [0.15, 0.2) is 53.4 Å². The number of ether oxygens (including phenoxy) is 1. The molecule has 1 heterocycles. The van der Waals surface area contributed by atoms with Gasteiger partial charge in [-0.15, -0.1) is 0 Å². The summed E-state index contributed by atoms with van der Waals surface area (Å²) in [6.45, 7) is 0.405. The number of nitrogens with zero attached hydrogens (tertiary/aromatic N) is 2. The molecule has 3 rings (SSSR count). The molecule has 1 atom stereocenters. The Morgan fingerprint density at radius 2 is 1.82 bits per heavy atom. The molecular formula is C20H23ClN2O4S. The first-order valence-electron chi connectivity index (χ1n) is 8.98. The molecule has 150 valence electrons. The lowest BCUT2D eigenvalue weighted by Gasteiger charge is -2.27. The Balaban J connectivity index is 1.72. The summed E-state index contributed by atoms with van der Waals surface area (Å²) in [5.74, 6) is 0.548. The molecule has 0 saturated carbocycles. The van der Waals surface area contributed by atoms with E-state index in [0.717, 1.165) is 28.5 Å². The van der Waals surface area contributed by atoms with E-state index >= 15 is 0 Å². The fourth-order valence-corrected chi connectivity index (χ4v) is 4.64. The Bertz CT molecular complexity index is 930. The van der Waals surface area contributed by atoms with Crippen molar-refractivity contribution in [3.8, 4) is 5.75 Å². The van der Waals surface area contributed by atoms with E-state index in [1.165, 1.54) is 31.3 Å². The van der Waals surface area contributed by atoms with Crippen LogP contribution in [-0.4, -0.2) is 50.8 Å². The zero-order valence-electron chi connectivity index (χ0n) is 15.8. The summed E-state index contributed by atoms with van der Waals surface area (Å²) in [5.41, 5.74) is 1.02. The second-order valence-corrected chi connectivity index (χ2v) is 9.21. The van der Waals surface area contributed by atoms with Gasteiger partial charge < -0.3 is 9.64 Å². The Morgan fingerprint density at radius 3 is 2.43 bits per heavy atom. The van der Waals surface area contributed by atoms with Gasteiger partial charge in [-0.25, -0.2) is 8.42 Å². The van der Waals surface area contributed by atoms with Crippen LogP contribution in [0.2, 0.25) is 5.02 Å². The maximum absolute atomic E-state index is 12.9. The predicted molar refractivity (Wildman–Crippen MR) is 108 cm³/mol. The summed E-state index contributed by atoms with van der Waals surface area (Å²) in [4.78, 5) is 14.7. The standard InChI is InChI=1S/C20H23ClN2O4S/c1-22(28(25,26)18-11-7-16(21)8-12-18)14-20(24)23-13-3-4-19(23)15-5-9-17(27-2)10-6-15/h5-12,19H,3-4,13-14H2,1-2H3/t19-/m0/s1. The minimum Gasteiger partial charge on any atom is -0.497 e. The van der Waals surface area contributed by atoms with Crippen LogP contribution in [0.3, 0.4) is 0 Å². The van der Waals surface area contributed by atoms with Crippen molar-refractivity contribution in [2.75, 3.05) is 27.2 Å². The Labute approximate surface area is 170 Å². The second kappa shape index (κ2) is 8.51. The number of carbonyl (C=O) groups excluding carboxylic acids is 1. The molecule has 1 fully saturated rings. The molecular weight excluding hydrogens is 400 g/mol. The van der Waals surface area contributed by atoms with Crippen molar-refractivity contribution in [3.05, 3.63) is 59.1 Å². The van der Waals surface area contributed by atoms with Crippen molar-refractivity contribution in [2.24, 2.45) is 0 Å². The number of carbonyl (C=O) groups is 1. The van der Waals surface area contributed by atoms with E-state index in [4.69, 9.17) is 16.3 Å². The molecule has 6 nitrogen and oxygen atoms in total. The summed E-state index contributed by atoms with van der Waals surface area (Å²) in [5, 5.41) is 0.456. The lowest BCUT2D eigenvalue weighted by Crippen LogP contribution is -2.40. The van der Waals surface area contributed by atoms with Crippen molar-refractivity contribution in [1.82, 2.24) is 9.21 Å². The van der Waals surface area contributed by atoms with E-state index in [9.17, 15) is 13.2 Å². The van der Waals surface area contributed by atoms with E-state index in [1.54, 1.807) is 12.0 Å². The van der Waals surface area contributed by atoms with Crippen LogP contribution < -0.4 is 4.74 Å². The number of benzene rings is 2. The molecule has 0 aliphatic carbocycles. The van der Waals surface area contributed by atoms with Crippen LogP contribution >= 0.6 is 11.6 Å². The highest BCUT2D eigenvalue weighted by Gasteiger charge is 2.32. The van der Waals surface area contributed by atoms with Crippen LogP contribution in [0.1, 0.15) is 24.4 Å². The van der Waals surface area contributed by atoms with Crippen molar-refractivity contribution >= 4 is 27.5 Å². The van der Waals surface area contributed by atoms with Crippen molar-refractivity contribution in [3.63, 3.8) is 0 Å². The first-order valence-corrected chi connectivity index (χ1v) is 10.8. The topological polar surface area (TPSA) is 66.9 Å². The molecule has 0 radical (unpaired) electrons. The summed E-state index contributed by atoms with van der Waals surface area (Å²) >= 11 is 5.83. The molecule has 2 aromatic rings. The van der Waals surface area contributed by atoms with Gasteiger partial charge in [0.2, 0.25) is 15.9 Å². The van der Waals surface area contributed by atoms with Gasteiger partial charge in [-0.3, -0.25) is 4.79 Å². The van der Waals surface area contributed by atoms with Crippen LogP contribution in [-0.2, 0) is 14.8 Å². The van der Waals surface area contributed by atoms with Gasteiger partial charge >= 0.3 is 0 Å².